The van der Waals surface area contributed by atoms with Gasteiger partial charge in [-0.25, -0.2) is 0 Å². The van der Waals surface area contributed by atoms with Crippen LogP contribution >= 0.6 is 0 Å². The van der Waals surface area contributed by atoms with Gasteiger partial charge < -0.3 is 5.11 Å². The second kappa shape index (κ2) is 2.71. The molecule has 2 atom stereocenters. The maximum Gasteiger partial charge on any atom is 0.131 e. The van der Waals surface area contributed by atoms with Crippen LogP contribution in [0.1, 0.15) is 26.7 Å². The summed E-state index contributed by atoms with van der Waals surface area (Å²) in [6, 6.07) is 0. The lowest BCUT2D eigenvalue weighted by atomic mass is 9.69. The van der Waals surface area contributed by atoms with E-state index in [1.807, 2.05) is 13.8 Å². The monoisotopic (exact) mass is 150 g/mol. The molecule has 0 bridgehead atoms. The first-order valence-electron chi connectivity index (χ1n) is 3.93. The Morgan fingerprint density at radius 1 is 1.73 bits per heavy atom. The Balaban J connectivity index is 2.65. The molecule has 0 heterocycles. The summed E-state index contributed by atoms with van der Waals surface area (Å²) in [4.78, 5) is 0. The average Bonchev–Trinajstić information content (AvgIpc) is 1.96. The molecule has 1 aliphatic carbocycles. The van der Waals surface area contributed by atoms with E-state index >= 15 is 0 Å². The van der Waals surface area contributed by atoms with Gasteiger partial charge in [-0.1, -0.05) is 17.6 Å². The van der Waals surface area contributed by atoms with Crippen LogP contribution in [0.3, 0.4) is 0 Å². The fraction of sp³-hybridized carbons (Fsp3) is 0.600. The Bertz CT molecular complexity index is 218. The Morgan fingerprint density at radius 3 is 2.64 bits per heavy atom. The van der Waals surface area contributed by atoms with Gasteiger partial charge in [-0.05, 0) is 26.7 Å². The Kier molecular flexibility index (Phi) is 2.06. The zero-order valence-corrected chi connectivity index (χ0v) is 7.09. The molecule has 0 aromatic heterocycles. The van der Waals surface area contributed by atoms with Crippen LogP contribution in [0, 0.1) is 18.3 Å². The van der Waals surface area contributed by atoms with Gasteiger partial charge in [0, 0.05) is 5.92 Å². The predicted octanol–water partition coefficient (Wildman–Crippen LogP) is 1.73. The van der Waals surface area contributed by atoms with Crippen molar-refractivity contribution in [1.29, 1.82) is 0 Å². The van der Waals surface area contributed by atoms with Gasteiger partial charge in [0.25, 0.3) is 0 Å². The Labute approximate surface area is 68.1 Å². The van der Waals surface area contributed by atoms with E-state index in [4.69, 9.17) is 6.42 Å². The summed E-state index contributed by atoms with van der Waals surface area (Å²) in [6.07, 6.45) is 9.03. The molecule has 0 amide bonds. The van der Waals surface area contributed by atoms with Crippen LogP contribution in [0.25, 0.3) is 0 Å². The van der Waals surface area contributed by atoms with Gasteiger partial charge in [-0.2, -0.15) is 0 Å². The van der Waals surface area contributed by atoms with Crippen molar-refractivity contribution in [1.82, 2.24) is 0 Å². The van der Waals surface area contributed by atoms with E-state index in [2.05, 4.69) is 12.0 Å². The lowest BCUT2D eigenvalue weighted by Gasteiger charge is -2.39. The minimum atomic E-state index is -0.836. The standard InChI is InChI=1S/C10H14O/c1-4-10(11)6-5-9(10)7-8(2)3/h1,7,9,11H,5-6H2,2-3H3/t9-,10+/m0/s1. The maximum absolute atomic E-state index is 9.65. The minimum Gasteiger partial charge on any atom is -0.377 e. The number of hydrogen-bond acceptors (Lipinski definition) is 1. The third-order valence-electron chi connectivity index (χ3n) is 2.23. The van der Waals surface area contributed by atoms with E-state index < -0.39 is 5.60 Å². The summed E-state index contributed by atoms with van der Waals surface area (Å²) in [5.74, 6) is 2.64. The van der Waals surface area contributed by atoms with Crippen LogP contribution in [-0.4, -0.2) is 10.7 Å². The van der Waals surface area contributed by atoms with Crippen molar-refractivity contribution < 1.29 is 5.11 Å². The van der Waals surface area contributed by atoms with E-state index in [-0.39, 0.29) is 5.92 Å². The fourth-order valence-electron chi connectivity index (χ4n) is 1.39. The van der Waals surface area contributed by atoms with Crippen molar-refractivity contribution in [2.45, 2.75) is 32.3 Å². The van der Waals surface area contributed by atoms with Crippen LogP contribution in [0.2, 0.25) is 0 Å². The molecule has 60 valence electrons. The van der Waals surface area contributed by atoms with Crippen LogP contribution in [0.5, 0.6) is 0 Å². The quantitative estimate of drug-likeness (QED) is 0.446. The lowest BCUT2D eigenvalue weighted by Crippen LogP contribution is -2.44. The minimum absolute atomic E-state index is 0.192. The average molecular weight is 150 g/mol. The SMILES string of the molecule is C#C[C@@]1(O)CC[C@H]1C=C(C)C. The van der Waals surface area contributed by atoms with Crippen molar-refractivity contribution in [2.75, 3.05) is 0 Å². The van der Waals surface area contributed by atoms with E-state index in [9.17, 15) is 5.11 Å². The highest BCUT2D eigenvalue weighted by Gasteiger charge is 2.41. The van der Waals surface area contributed by atoms with Gasteiger partial charge in [-0.3, -0.25) is 0 Å². The number of terminal acetylenes is 1. The van der Waals surface area contributed by atoms with Gasteiger partial charge in [0.2, 0.25) is 0 Å². The molecule has 1 fully saturated rings. The second-order valence-electron chi connectivity index (χ2n) is 3.46. The zero-order chi connectivity index (χ0) is 8.48. The van der Waals surface area contributed by atoms with Gasteiger partial charge in [0.05, 0.1) is 0 Å². The molecule has 1 heteroatoms. The van der Waals surface area contributed by atoms with Crippen molar-refractivity contribution in [3.63, 3.8) is 0 Å². The molecule has 1 N–H and O–H groups in total. The molecular formula is C10H14O. The van der Waals surface area contributed by atoms with Gasteiger partial charge in [0.15, 0.2) is 0 Å². The fourth-order valence-corrected chi connectivity index (χ4v) is 1.39. The van der Waals surface area contributed by atoms with E-state index in [1.54, 1.807) is 0 Å². The van der Waals surface area contributed by atoms with Crippen LogP contribution in [0.4, 0.5) is 0 Å². The van der Waals surface area contributed by atoms with Crippen molar-refractivity contribution in [3.05, 3.63) is 11.6 Å². The largest absolute Gasteiger partial charge is 0.377 e. The second-order valence-corrected chi connectivity index (χ2v) is 3.46. The lowest BCUT2D eigenvalue weighted by molar-refractivity contribution is -0.0192. The number of allylic oxidation sites excluding steroid dienone is 1. The summed E-state index contributed by atoms with van der Waals surface area (Å²) in [7, 11) is 0. The topological polar surface area (TPSA) is 20.2 Å². The summed E-state index contributed by atoms with van der Waals surface area (Å²) >= 11 is 0. The summed E-state index contributed by atoms with van der Waals surface area (Å²) in [5.41, 5.74) is 0.389. The van der Waals surface area contributed by atoms with Crippen molar-refractivity contribution in [2.24, 2.45) is 5.92 Å². The molecule has 0 saturated heterocycles. The highest BCUT2D eigenvalue weighted by Crippen LogP contribution is 2.39. The molecule has 0 aliphatic heterocycles. The Hall–Kier alpha value is -0.740. The molecule has 0 aromatic carbocycles. The first kappa shape index (κ1) is 8.36. The van der Waals surface area contributed by atoms with Crippen molar-refractivity contribution in [3.8, 4) is 12.3 Å². The molecule has 1 nitrogen and oxygen atoms in total. The summed E-state index contributed by atoms with van der Waals surface area (Å²) in [6.45, 7) is 4.05. The predicted molar refractivity (Wildman–Crippen MR) is 45.9 cm³/mol. The summed E-state index contributed by atoms with van der Waals surface area (Å²) in [5, 5.41) is 9.65. The third-order valence-corrected chi connectivity index (χ3v) is 2.23. The van der Waals surface area contributed by atoms with Crippen LogP contribution < -0.4 is 0 Å². The molecule has 0 radical (unpaired) electrons. The first-order valence-corrected chi connectivity index (χ1v) is 3.93. The van der Waals surface area contributed by atoms with E-state index in [0.29, 0.717) is 0 Å². The molecular weight excluding hydrogens is 136 g/mol. The first-order chi connectivity index (χ1) is 5.08. The highest BCUT2D eigenvalue weighted by molar-refractivity contribution is 5.22. The van der Waals surface area contributed by atoms with Gasteiger partial charge >= 0.3 is 0 Å². The maximum atomic E-state index is 9.65. The zero-order valence-electron chi connectivity index (χ0n) is 7.09. The smallest absolute Gasteiger partial charge is 0.131 e. The van der Waals surface area contributed by atoms with E-state index in [0.717, 1.165) is 12.8 Å². The van der Waals surface area contributed by atoms with Crippen LogP contribution in [0.15, 0.2) is 11.6 Å². The molecule has 1 aliphatic rings. The molecule has 1 rings (SSSR count). The summed E-state index contributed by atoms with van der Waals surface area (Å²) < 4.78 is 0. The van der Waals surface area contributed by atoms with Gasteiger partial charge in [0.1, 0.15) is 5.60 Å². The molecule has 0 spiro atoms. The normalized spacial score (nSPS) is 35.3. The highest BCUT2D eigenvalue weighted by atomic mass is 16.3. The van der Waals surface area contributed by atoms with Crippen LogP contribution in [-0.2, 0) is 0 Å². The Morgan fingerprint density at radius 2 is 2.36 bits per heavy atom. The number of hydrogen-bond donors (Lipinski definition) is 1. The number of aliphatic hydroxyl groups is 1. The molecule has 11 heavy (non-hydrogen) atoms. The third kappa shape index (κ3) is 1.46. The van der Waals surface area contributed by atoms with Crippen molar-refractivity contribution >= 4 is 0 Å². The molecule has 0 unspecified atom stereocenters. The number of rotatable bonds is 1. The molecule has 0 aromatic rings. The van der Waals surface area contributed by atoms with Gasteiger partial charge in [-0.15, -0.1) is 6.42 Å². The molecule has 1 saturated carbocycles. The van der Waals surface area contributed by atoms with E-state index in [1.165, 1.54) is 5.57 Å².